The fourth-order valence-electron chi connectivity index (χ4n) is 3.78. The minimum atomic E-state index is -1.23. The fraction of sp³-hybridized carbons (Fsp3) is 0.522. The van der Waals surface area contributed by atoms with Crippen LogP contribution in [-0.2, 0) is 23.8 Å². The molecule has 2 aromatic rings. The van der Waals surface area contributed by atoms with E-state index in [-0.39, 0.29) is 24.2 Å². The van der Waals surface area contributed by atoms with E-state index < -0.39 is 18.0 Å². The molecule has 0 radical (unpaired) electrons. The van der Waals surface area contributed by atoms with Crippen molar-refractivity contribution < 1.29 is 23.8 Å². The van der Waals surface area contributed by atoms with Gasteiger partial charge in [-0.2, -0.15) is 5.26 Å². The van der Waals surface area contributed by atoms with Gasteiger partial charge in [-0.3, -0.25) is 9.59 Å². The first-order valence-corrected chi connectivity index (χ1v) is 10.8. The van der Waals surface area contributed by atoms with Crippen molar-refractivity contribution >= 4 is 28.8 Å². The normalized spacial score (nSPS) is 16.2. The van der Waals surface area contributed by atoms with E-state index in [0.717, 1.165) is 0 Å². The quantitative estimate of drug-likeness (QED) is 0.571. The molecular formula is C23H28N4O5. The minimum absolute atomic E-state index is 0.172. The van der Waals surface area contributed by atoms with Crippen LogP contribution < -0.4 is 4.90 Å². The summed E-state index contributed by atoms with van der Waals surface area (Å²) in [6, 6.07) is 9.34. The second-order valence-corrected chi connectivity index (χ2v) is 7.70. The van der Waals surface area contributed by atoms with Gasteiger partial charge in [0.2, 0.25) is 0 Å². The van der Waals surface area contributed by atoms with Gasteiger partial charge in [-0.25, -0.2) is 9.97 Å². The van der Waals surface area contributed by atoms with Gasteiger partial charge in [-0.1, -0.05) is 12.1 Å². The number of nitriles is 1. The zero-order chi connectivity index (χ0) is 23.1. The van der Waals surface area contributed by atoms with Crippen molar-refractivity contribution in [3.63, 3.8) is 0 Å². The third kappa shape index (κ3) is 5.32. The Balaban J connectivity index is 1.92. The zero-order valence-corrected chi connectivity index (χ0v) is 18.6. The van der Waals surface area contributed by atoms with E-state index in [9.17, 15) is 14.9 Å². The van der Waals surface area contributed by atoms with Gasteiger partial charge in [-0.05, 0) is 38.8 Å². The van der Waals surface area contributed by atoms with Crippen LogP contribution in [0.5, 0.6) is 0 Å². The molecular weight excluding hydrogens is 412 g/mol. The molecule has 170 valence electrons. The number of aromatic nitrogens is 2. The number of fused-ring (bicyclic) bond motifs is 1. The number of hydrogen-bond acceptors (Lipinski definition) is 9. The summed E-state index contributed by atoms with van der Waals surface area (Å²) < 4.78 is 15.6. The van der Waals surface area contributed by atoms with E-state index in [2.05, 4.69) is 4.98 Å². The lowest BCUT2D eigenvalue weighted by Crippen LogP contribution is -2.38. The first-order chi connectivity index (χ1) is 15.5. The largest absolute Gasteiger partial charge is 0.466 e. The standard InChI is InChI=1S/C23H28N4O5/c1-4-31-22(28)16-9-11-27(12-10-16)21-20(25-18-7-5-6-8-19(18)26-21)17(13-24)23(29)32-15(2)14-30-3/h5-8,15-17H,4,9-12,14H2,1-3H3/t15-,17+/m0/s1. The molecule has 2 heterocycles. The number of anilines is 1. The summed E-state index contributed by atoms with van der Waals surface area (Å²) in [6.45, 7) is 5.14. The number of ether oxygens (including phenoxy) is 3. The van der Waals surface area contributed by atoms with Crippen LogP contribution in [0.4, 0.5) is 5.82 Å². The Morgan fingerprint density at radius 2 is 1.88 bits per heavy atom. The van der Waals surface area contributed by atoms with Crippen LogP contribution >= 0.6 is 0 Å². The molecule has 1 fully saturated rings. The summed E-state index contributed by atoms with van der Waals surface area (Å²) in [6.07, 6.45) is 0.694. The Morgan fingerprint density at radius 1 is 1.22 bits per heavy atom. The van der Waals surface area contributed by atoms with Crippen LogP contribution in [0.25, 0.3) is 11.0 Å². The number of nitrogens with zero attached hydrogens (tertiary/aromatic N) is 4. The summed E-state index contributed by atoms with van der Waals surface area (Å²) in [4.78, 5) is 36.2. The summed E-state index contributed by atoms with van der Waals surface area (Å²) in [5, 5.41) is 9.83. The van der Waals surface area contributed by atoms with Crippen molar-refractivity contribution in [1.29, 1.82) is 5.26 Å². The maximum atomic E-state index is 12.8. The number of methoxy groups -OCH3 is 1. The maximum Gasteiger partial charge on any atom is 0.330 e. The van der Waals surface area contributed by atoms with Gasteiger partial charge < -0.3 is 19.1 Å². The highest BCUT2D eigenvalue weighted by atomic mass is 16.6. The van der Waals surface area contributed by atoms with Crippen molar-refractivity contribution in [3.8, 4) is 6.07 Å². The molecule has 0 saturated carbocycles. The van der Waals surface area contributed by atoms with Crippen molar-refractivity contribution in [2.45, 2.75) is 38.7 Å². The SMILES string of the molecule is CCOC(=O)C1CCN(c2nc3ccccc3nc2[C@@H](C#N)C(=O)O[C@@H](C)COC)CC1. The van der Waals surface area contributed by atoms with Gasteiger partial charge in [0.05, 0.1) is 36.2 Å². The smallest absolute Gasteiger partial charge is 0.330 e. The third-order valence-corrected chi connectivity index (χ3v) is 5.35. The van der Waals surface area contributed by atoms with E-state index in [1.165, 1.54) is 7.11 Å². The van der Waals surface area contributed by atoms with Crippen molar-refractivity contribution in [2.24, 2.45) is 5.92 Å². The van der Waals surface area contributed by atoms with Crippen LogP contribution in [0.3, 0.4) is 0 Å². The van der Waals surface area contributed by atoms with Crippen LogP contribution in [0.15, 0.2) is 24.3 Å². The molecule has 3 rings (SSSR count). The molecule has 32 heavy (non-hydrogen) atoms. The Bertz CT molecular complexity index is 998. The second kappa shape index (κ2) is 10.9. The zero-order valence-electron chi connectivity index (χ0n) is 18.6. The molecule has 0 aliphatic carbocycles. The molecule has 0 N–H and O–H groups in total. The molecule has 1 aromatic heterocycles. The molecule has 0 spiro atoms. The van der Waals surface area contributed by atoms with Gasteiger partial charge in [-0.15, -0.1) is 0 Å². The van der Waals surface area contributed by atoms with Crippen molar-refractivity contribution in [2.75, 3.05) is 38.3 Å². The number of benzene rings is 1. The topological polar surface area (TPSA) is 115 Å². The minimum Gasteiger partial charge on any atom is -0.466 e. The molecule has 9 nitrogen and oxygen atoms in total. The number of carbonyl (C=O) groups excluding carboxylic acids is 2. The summed E-state index contributed by atoms with van der Waals surface area (Å²) in [5.41, 5.74) is 1.51. The first-order valence-electron chi connectivity index (χ1n) is 10.8. The first kappa shape index (κ1) is 23.4. The van der Waals surface area contributed by atoms with E-state index in [0.29, 0.717) is 49.4 Å². The Kier molecular flexibility index (Phi) is 7.95. The monoisotopic (exact) mass is 440 g/mol. The van der Waals surface area contributed by atoms with Crippen LogP contribution in [0.2, 0.25) is 0 Å². The van der Waals surface area contributed by atoms with Crippen LogP contribution in [-0.4, -0.2) is 61.4 Å². The van der Waals surface area contributed by atoms with E-state index in [1.807, 2.05) is 29.2 Å². The highest BCUT2D eigenvalue weighted by molar-refractivity contribution is 5.85. The molecule has 2 atom stereocenters. The van der Waals surface area contributed by atoms with Crippen LogP contribution in [0.1, 0.15) is 38.3 Å². The Labute approximate surface area is 187 Å². The lowest BCUT2D eigenvalue weighted by atomic mass is 9.96. The van der Waals surface area contributed by atoms with Gasteiger partial charge in [0.25, 0.3) is 0 Å². The van der Waals surface area contributed by atoms with Crippen molar-refractivity contribution in [1.82, 2.24) is 9.97 Å². The number of piperidine rings is 1. The molecule has 0 unspecified atom stereocenters. The van der Waals surface area contributed by atoms with E-state index >= 15 is 0 Å². The van der Waals surface area contributed by atoms with Crippen molar-refractivity contribution in [3.05, 3.63) is 30.0 Å². The number of hydrogen-bond donors (Lipinski definition) is 0. The lowest BCUT2D eigenvalue weighted by Gasteiger charge is -2.33. The molecule has 9 heteroatoms. The van der Waals surface area contributed by atoms with E-state index in [1.54, 1.807) is 19.9 Å². The van der Waals surface area contributed by atoms with E-state index in [4.69, 9.17) is 19.2 Å². The highest BCUT2D eigenvalue weighted by Gasteiger charge is 2.33. The maximum absolute atomic E-state index is 12.8. The Hall–Kier alpha value is -3.25. The average molecular weight is 441 g/mol. The second-order valence-electron chi connectivity index (χ2n) is 7.70. The van der Waals surface area contributed by atoms with Gasteiger partial charge in [0.15, 0.2) is 11.7 Å². The average Bonchev–Trinajstić information content (AvgIpc) is 2.79. The molecule has 1 saturated heterocycles. The molecule has 0 amide bonds. The fourth-order valence-corrected chi connectivity index (χ4v) is 3.78. The van der Waals surface area contributed by atoms with Crippen LogP contribution in [0, 0.1) is 17.2 Å². The third-order valence-electron chi connectivity index (χ3n) is 5.35. The summed E-state index contributed by atoms with van der Waals surface area (Å²) in [5.74, 6) is -1.82. The number of esters is 2. The molecule has 1 aliphatic rings. The predicted octanol–water partition coefficient (Wildman–Crippen LogP) is 2.59. The predicted molar refractivity (Wildman–Crippen MR) is 117 cm³/mol. The molecule has 1 aromatic carbocycles. The summed E-state index contributed by atoms with van der Waals surface area (Å²) in [7, 11) is 1.51. The number of para-hydroxylation sites is 2. The molecule has 1 aliphatic heterocycles. The summed E-state index contributed by atoms with van der Waals surface area (Å²) >= 11 is 0. The lowest BCUT2D eigenvalue weighted by molar-refractivity contribution is -0.151. The number of rotatable bonds is 8. The molecule has 0 bridgehead atoms. The van der Waals surface area contributed by atoms with Gasteiger partial charge in [0, 0.05) is 20.2 Å². The van der Waals surface area contributed by atoms with Gasteiger partial charge in [0.1, 0.15) is 11.8 Å². The Morgan fingerprint density at radius 3 is 2.47 bits per heavy atom. The number of carbonyl (C=O) groups is 2. The highest BCUT2D eigenvalue weighted by Crippen LogP contribution is 2.31. The van der Waals surface area contributed by atoms with Gasteiger partial charge >= 0.3 is 11.9 Å².